The predicted octanol–water partition coefficient (Wildman–Crippen LogP) is 1.41. The molecule has 1 rings (SSSR count). The second kappa shape index (κ2) is 6.83. The van der Waals surface area contributed by atoms with Crippen molar-refractivity contribution in [1.82, 2.24) is 9.88 Å². The first-order chi connectivity index (χ1) is 7.71. The van der Waals surface area contributed by atoms with E-state index in [0.717, 1.165) is 24.8 Å². The average Bonchev–Trinajstić information content (AvgIpc) is 2.68. The number of hydrogen-bond acceptors (Lipinski definition) is 5. The number of aliphatic hydroxyl groups is 1. The Kier molecular flexibility index (Phi) is 5.73. The van der Waals surface area contributed by atoms with Gasteiger partial charge >= 0.3 is 0 Å². The predicted molar refractivity (Wildman–Crippen MR) is 69.1 cm³/mol. The van der Waals surface area contributed by atoms with E-state index >= 15 is 0 Å². The number of thiazole rings is 1. The topological polar surface area (TPSA) is 39.6 Å². The van der Waals surface area contributed by atoms with Crippen LogP contribution in [-0.2, 0) is 6.54 Å². The van der Waals surface area contributed by atoms with E-state index in [1.54, 1.807) is 11.3 Å². The molecule has 0 unspecified atom stereocenters. The first kappa shape index (κ1) is 13.4. The molecule has 16 heavy (non-hydrogen) atoms. The van der Waals surface area contributed by atoms with E-state index in [1.807, 2.05) is 13.2 Å². The SMILES string of the molecule is CCN(CC)c1ncc(CN(C)CCO)s1. The second-order valence-electron chi connectivity index (χ2n) is 3.74. The minimum Gasteiger partial charge on any atom is -0.395 e. The number of hydrogen-bond donors (Lipinski definition) is 1. The quantitative estimate of drug-likeness (QED) is 0.786. The van der Waals surface area contributed by atoms with Gasteiger partial charge in [-0.1, -0.05) is 0 Å². The van der Waals surface area contributed by atoms with Gasteiger partial charge in [0.25, 0.3) is 0 Å². The first-order valence-electron chi connectivity index (χ1n) is 5.70. The third-order valence-corrected chi connectivity index (χ3v) is 3.53. The first-order valence-corrected chi connectivity index (χ1v) is 6.51. The van der Waals surface area contributed by atoms with Crippen molar-refractivity contribution in [2.24, 2.45) is 0 Å². The lowest BCUT2D eigenvalue weighted by Gasteiger charge is -2.16. The molecule has 0 aliphatic heterocycles. The molecule has 0 saturated carbocycles. The summed E-state index contributed by atoms with van der Waals surface area (Å²) in [6.45, 7) is 8.05. The van der Waals surface area contributed by atoms with Crippen molar-refractivity contribution in [1.29, 1.82) is 0 Å². The van der Waals surface area contributed by atoms with Crippen molar-refractivity contribution in [2.45, 2.75) is 20.4 Å². The van der Waals surface area contributed by atoms with Gasteiger partial charge in [0, 0.05) is 37.3 Å². The summed E-state index contributed by atoms with van der Waals surface area (Å²) in [7, 11) is 2.01. The normalized spacial score (nSPS) is 11.1. The van der Waals surface area contributed by atoms with Crippen LogP contribution in [0.3, 0.4) is 0 Å². The van der Waals surface area contributed by atoms with Crippen molar-refractivity contribution < 1.29 is 5.11 Å². The number of aliphatic hydroxyl groups excluding tert-OH is 1. The molecular formula is C11H21N3OS. The lowest BCUT2D eigenvalue weighted by Crippen LogP contribution is -2.21. The van der Waals surface area contributed by atoms with Crippen LogP contribution in [0.4, 0.5) is 5.13 Å². The van der Waals surface area contributed by atoms with Crippen molar-refractivity contribution in [3.8, 4) is 0 Å². The highest BCUT2D eigenvalue weighted by Crippen LogP contribution is 2.22. The summed E-state index contributed by atoms with van der Waals surface area (Å²) < 4.78 is 0. The molecule has 0 spiro atoms. The lowest BCUT2D eigenvalue weighted by molar-refractivity contribution is 0.218. The molecule has 0 fully saturated rings. The molecule has 4 nitrogen and oxygen atoms in total. The molecule has 1 aromatic heterocycles. The van der Waals surface area contributed by atoms with Crippen LogP contribution in [0, 0.1) is 0 Å². The molecule has 0 aliphatic carbocycles. The largest absolute Gasteiger partial charge is 0.395 e. The highest BCUT2D eigenvalue weighted by Gasteiger charge is 2.08. The number of rotatable bonds is 7. The molecule has 1 heterocycles. The lowest BCUT2D eigenvalue weighted by atomic mass is 10.5. The molecule has 0 bridgehead atoms. The van der Waals surface area contributed by atoms with Crippen LogP contribution in [-0.4, -0.2) is 48.3 Å². The number of aromatic nitrogens is 1. The van der Waals surface area contributed by atoms with Gasteiger partial charge in [-0.2, -0.15) is 0 Å². The Morgan fingerprint density at radius 1 is 1.38 bits per heavy atom. The smallest absolute Gasteiger partial charge is 0.185 e. The summed E-state index contributed by atoms with van der Waals surface area (Å²) in [6.07, 6.45) is 1.94. The van der Waals surface area contributed by atoms with E-state index in [4.69, 9.17) is 5.11 Å². The van der Waals surface area contributed by atoms with E-state index in [0.29, 0.717) is 6.54 Å². The fourth-order valence-corrected chi connectivity index (χ4v) is 2.64. The zero-order chi connectivity index (χ0) is 12.0. The fourth-order valence-electron chi connectivity index (χ4n) is 1.53. The van der Waals surface area contributed by atoms with E-state index in [1.165, 1.54) is 4.88 Å². The maximum Gasteiger partial charge on any atom is 0.185 e. The molecule has 5 heteroatoms. The monoisotopic (exact) mass is 243 g/mol. The molecule has 92 valence electrons. The van der Waals surface area contributed by atoms with Gasteiger partial charge in [0.1, 0.15) is 0 Å². The minimum atomic E-state index is 0.207. The molecule has 0 aliphatic rings. The van der Waals surface area contributed by atoms with Crippen molar-refractivity contribution in [3.05, 3.63) is 11.1 Å². The molecule has 0 radical (unpaired) electrons. The average molecular weight is 243 g/mol. The summed E-state index contributed by atoms with van der Waals surface area (Å²) in [4.78, 5) is 10.0. The van der Waals surface area contributed by atoms with Gasteiger partial charge in [-0.3, -0.25) is 4.90 Å². The maximum absolute atomic E-state index is 8.82. The van der Waals surface area contributed by atoms with Gasteiger partial charge in [0.2, 0.25) is 0 Å². The van der Waals surface area contributed by atoms with Gasteiger partial charge in [0.15, 0.2) is 5.13 Å². The van der Waals surface area contributed by atoms with Crippen LogP contribution in [0.5, 0.6) is 0 Å². The Bertz CT molecular complexity index is 299. The maximum atomic E-state index is 8.82. The van der Waals surface area contributed by atoms with Gasteiger partial charge in [-0.25, -0.2) is 4.98 Å². The summed E-state index contributed by atoms with van der Waals surface area (Å²) in [5.74, 6) is 0. The third kappa shape index (κ3) is 3.73. The summed E-state index contributed by atoms with van der Waals surface area (Å²) in [5, 5.41) is 9.92. The van der Waals surface area contributed by atoms with E-state index < -0.39 is 0 Å². The van der Waals surface area contributed by atoms with Gasteiger partial charge in [-0.15, -0.1) is 11.3 Å². The van der Waals surface area contributed by atoms with Crippen molar-refractivity contribution >= 4 is 16.5 Å². The van der Waals surface area contributed by atoms with E-state index in [2.05, 4.69) is 28.6 Å². The molecule has 0 aromatic carbocycles. The Balaban J connectivity index is 2.57. The molecular weight excluding hydrogens is 222 g/mol. The Morgan fingerprint density at radius 2 is 2.06 bits per heavy atom. The van der Waals surface area contributed by atoms with Crippen molar-refractivity contribution in [3.63, 3.8) is 0 Å². The molecule has 0 saturated heterocycles. The van der Waals surface area contributed by atoms with Crippen LogP contribution in [0.15, 0.2) is 6.20 Å². The number of likely N-dealkylation sites (N-methyl/N-ethyl adjacent to an activating group) is 1. The molecule has 1 aromatic rings. The Morgan fingerprint density at radius 3 is 2.62 bits per heavy atom. The molecule has 1 N–H and O–H groups in total. The minimum absolute atomic E-state index is 0.207. The van der Waals surface area contributed by atoms with Crippen LogP contribution in [0.25, 0.3) is 0 Å². The zero-order valence-corrected chi connectivity index (χ0v) is 11.1. The molecule has 0 atom stereocenters. The number of anilines is 1. The highest BCUT2D eigenvalue weighted by atomic mass is 32.1. The van der Waals surface area contributed by atoms with Gasteiger partial charge in [0.05, 0.1) is 6.61 Å². The number of nitrogens with zero attached hydrogens (tertiary/aromatic N) is 3. The Labute approximate surface area is 102 Å². The van der Waals surface area contributed by atoms with Gasteiger partial charge in [-0.05, 0) is 20.9 Å². The summed E-state index contributed by atoms with van der Waals surface area (Å²) in [6, 6.07) is 0. The zero-order valence-electron chi connectivity index (χ0n) is 10.3. The molecule has 0 amide bonds. The van der Waals surface area contributed by atoms with E-state index in [-0.39, 0.29) is 6.61 Å². The van der Waals surface area contributed by atoms with Crippen LogP contribution < -0.4 is 4.90 Å². The second-order valence-corrected chi connectivity index (χ2v) is 4.84. The fraction of sp³-hybridized carbons (Fsp3) is 0.727. The summed E-state index contributed by atoms with van der Waals surface area (Å²) in [5.41, 5.74) is 0. The summed E-state index contributed by atoms with van der Waals surface area (Å²) >= 11 is 1.74. The third-order valence-electron chi connectivity index (χ3n) is 2.48. The van der Waals surface area contributed by atoms with Crippen LogP contribution >= 0.6 is 11.3 Å². The van der Waals surface area contributed by atoms with E-state index in [9.17, 15) is 0 Å². The van der Waals surface area contributed by atoms with Crippen LogP contribution in [0.2, 0.25) is 0 Å². The standard InChI is InChI=1S/C11H21N3OS/c1-4-14(5-2)11-12-8-10(16-11)9-13(3)6-7-15/h8,15H,4-7,9H2,1-3H3. The highest BCUT2D eigenvalue weighted by molar-refractivity contribution is 7.15. The van der Waals surface area contributed by atoms with Crippen molar-refractivity contribution in [2.75, 3.05) is 38.2 Å². The Hall–Kier alpha value is -0.650. The van der Waals surface area contributed by atoms with Crippen LogP contribution in [0.1, 0.15) is 18.7 Å². The van der Waals surface area contributed by atoms with Gasteiger partial charge < -0.3 is 10.0 Å².